The van der Waals surface area contributed by atoms with Crippen molar-refractivity contribution >= 4 is 34.7 Å². The molecule has 4 aromatic carbocycles. The van der Waals surface area contributed by atoms with Gasteiger partial charge in [0.2, 0.25) is 0 Å². The number of carbonyl (C=O) groups is 1. The molecule has 0 aliphatic heterocycles. The van der Waals surface area contributed by atoms with E-state index in [0.29, 0.717) is 0 Å². The molecule has 0 aliphatic rings. The average Bonchev–Trinajstić information content (AvgIpc) is 2.75. The summed E-state index contributed by atoms with van der Waals surface area (Å²) in [4.78, 5) is 14.6. The summed E-state index contributed by atoms with van der Waals surface area (Å²) < 4.78 is 0. The number of hydrogen-bond donors (Lipinski definition) is 2. The maximum Gasteiger partial charge on any atom is 0.275 e. The number of phenols is 1. The molecule has 1 amide bonds. The number of aromatic hydroxyl groups is 1. The molecule has 0 bridgehead atoms. The number of hydrazone groups is 1. The van der Waals surface area contributed by atoms with Crippen molar-refractivity contribution in [1.29, 1.82) is 0 Å². The van der Waals surface area contributed by atoms with Gasteiger partial charge in [-0.1, -0.05) is 72.4 Å². The van der Waals surface area contributed by atoms with Crippen molar-refractivity contribution in [2.45, 2.75) is 9.79 Å². The topological polar surface area (TPSA) is 61.7 Å². The number of rotatable bonds is 5. The van der Waals surface area contributed by atoms with Crippen molar-refractivity contribution in [2.75, 3.05) is 0 Å². The highest BCUT2D eigenvalue weighted by Gasteiger charge is 2.12. The van der Waals surface area contributed by atoms with E-state index in [4.69, 9.17) is 0 Å². The summed E-state index contributed by atoms with van der Waals surface area (Å²) in [6.45, 7) is 0. The SMILES string of the molecule is O=C(NN=Cc1ccccc1Sc1ccccc1)c1cc2ccccc2cc1O. The van der Waals surface area contributed by atoms with E-state index in [0.717, 1.165) is 26.1 Å². The molecule has 0 aliphatic carbocycles. The second-order valence-electron chi connectivity index (χ2n) is 6.37. The number of nitrogens with one attached hydrogen (secondary N) is 1. The molecule has 0 heterocycles. The Labute approximate surface area is 172 Å². The summed E-state index contributed by atoms with van der Waals surface area (Å²) in [5.41, 5.74) is 3.59. The van der Waals surface area contributed by atoms with E-state index in [1.54, 1.807) is 30.1 Å². The normalized spacial score (nSPS) is 11.0. The van der Waals surface area contributed by atoms with E-state index in [1.165, 1.54) is 0 Å². The quantitative estimate of drug-likeness (QED) is 0.347. The first-order valence-corrected chi connectivity index (χ1v) is 9.89. The van der Waals surface area contributed by atoms with Crippen LogP contribution in [-0.2, 0) is 0 Å². The smallest absolute Gasteiger partial charge is 0.275 e. The van der Waals surface area contributed by atoms with Gasteiger partial charge in [-0.05, 0) is 41.1 Å². The van der Waals surface area contributed by atoms with Crippen LogP contribution >= 0.6 is 11.8 Å². The van der Waals surface area contributed by atoms with Gasteiger partial charge >= 0.3 is 0 Å². The third kappa shape index (κ3) is 4.47. The Hall–Kier alpha value is -3.57. The Kier molecular flexibility index (Phi) is 5.59. The van der Waals surface area contributed by atoms with E-state index in [-0.39, 0.29) is 11.3 Å². The standard InChI is InChI=1S/C24H18N2O2S/c27-22-15-18-9-5-4-8-17(18)14-21(22)24(28)26-25-16-19-10-6-7-13-23(19)29-20-11-2-1-3-12-20/h1-16,27H,(H,26,28). The molecular weight excluding hydrogens is 380 g/mol. The van der Waals surface area contributed by atoms with E-state index >= 15 is 0 Å². The van der Waals surface area contributed by atoms with Gasteiger partial charge in [0, 0.05) is 15.4 Å². The van der Waals surface area contributed by atoms with Crippen molar-refractivity contribution in [2.24, 2.45) is 5.10 Å². The molecule has 5 heteroatoms. The summed E-state index contributed by atoms with van der Waals surface area (Å²) >= 11 is 1.63. The molecule has 0 saturated heterocycles. The molecular formula is C24H18N2O2S. The number of phenolic OH excluding ortho intramolecular Hbond substituents is 1. The Morgan fingerprint density at radius 1 is 0.862 bits per heavy atom. The zero-order valence-electron chi connectivity index (χ0n) is 15.4. The van der Waals surface area contributed by atoms with Crippen LogP contribution in [-0.4, -0.2) is 17.2 Å². The predicted molar refractivity (Wildman–Crippen MR) is 118 cm³/mol. The van der Waals surface area contributed by atoms with Crippen molar-refractivity contribution in [3.8, 4) is 5.75 Å². The lowest BCUT2D eigenvalue weighted by Crippen LogP contribution is -2.17. The van der Waals surface area contributed by atoms with Gasteiger partial charge in [-0.15, -0.1) is 0 Å². The molecule has 0 atom stereocenters. The second-order valence-corrected chi connectivity index (χ2v) is 7.48. The number of fused-ring (bicyclic) bond motifs is 1. The first kappa shape index (κ1) is 18.8. The highest BCUT2D eigenvalue weighted by Crippen LogP contribution is 2.29. The van der Waals surface area contributed by atoms with E-state index in [9.17, 15) is 9.90 Å². The van der Waals surface area contributed by atoms with Gasteiger partial charge < -0.3 is 5.11 Å². The van der Waals surface area contributed by atoms with Crippen LogP contribution < -0.4 is 5.43 Å². The molecule has 4 nitrogen and oxygen atoms in total. The Morgan fingerprint density at radius 2 is 1.52 bits per heavy atom. The molecule has 0 radical (unpaired) electrons. The second kappa shape index (κ2) is 8.63. The minimum absolute atomic E-state index is 0.0727. The van der Waals surface area contributed by atoms with Crippen molar-refractivity contribution in [3.05, 3.63) is 102 Å². The van der Waals surface area contributed by atoms with Crippen LogP contribution in [0.1, 0.15) is 15.9 Å². The third-order valence-electron chi connectivity index (χ3n) is 4.37. The van der Waals surface area contributed by atoms with Gasteiger partial charge in [0.05, 0.1) is 11.8 Å². The third-order valence-corrected chi connectivity index (χ3v) is 5.47. The molecule has 0 unspecified atom stereocenters. The number of carbonyl (C=O) groups excluding carboxylic acids is 1. The van der Waals surface area contributed by atoms with Crippen LogP contribution in [0.3, 0.4) is 0 Å². The molecule has 4 rings (SSSR count). The number of nitrogens with zero attached hydrogens (tertiary/aromatic N) is 1. The molecule has 0 saturated carbocycles. The summed E-state index contributed by atoms with van der Waals surface area (Å²) in [6, 6.07) is 28.7. The molecule has 0 spiro atoms. The van der Waals surface area contributed by atoms with Gasteiger partial charge in [-0.2, -0.15) is 5.10 Å². The molecule has 2 N–H and O–H groups in total. The van der Waals surface area contributed by atoms with E-state index in [2.05, 4.69) is 10.5 Å². The lowest BCUT2D eigenvalue weighted by molar-refractivity contribution is 0.0952. The van der Waals surface area contributed by atoms with E-state index < -0.39 is 5.91 Å². The maximum absolute atomic E-state index is 12.5. The first-order chi connectivity index (χ1) is 14.2. The summed E-state index contributed by atoms with van der Waals surface area (Å²) in [6.07, 6.45) is 1.61. The van der Waals surface area contributed by atoms with Gasteiger partial charge in [-0.3, -0.25) is 4.79 Å². The highest BCUT2D eigenvalue weighted by atomic mass is 32.2. The van der Waals surface area contributed by atoms with Crippen molar-refractivity contribution in [1.82, 2.24) is 5.43 Å². The van der Waals surface area contributed by atoms with Crippen LogP contribution in [0.4, 0.5) is 0 Å². The Balaban J connectivity index is 1.51. The first-order valence-electron chi connectivity index (χ1n) is 9.08. The van der Waals surface area contributed by atoms with E-state index in [1.807, 2.05) is 78.9 Å². The lowest BCUT2D eigenvalue weighted by atomic mass is 10.1. The lowest BCUT2D eigenvalue weighted by Gasteiger charge is -2.07. The van der Waals surface area contributed by atoms with Crippen LogP contribution in [0.5, 0.6) is 5.75 Å². The fourth-order valence-corrected chi connectivity index (χ4v) is 3.86. The largest absolute Gasteiger partial charge is 0.507 e. The van der Waals surface area contributed by atoms with Gasteiger partial charge in [0.1, 0.15) is 5.75 Å². The van der Waals surface area contributed by atoms with Crippen molar-refractivity contribution in [3.63, 3.8) is 0 Å². The molecule has 142 valence electrons. The van der Waals surface area contributed by atoms with Crippen LogP contribution in [0.15, 0.2) is 106 Å². The molecule has 4 aromatic rings. The van der Waals surface area contributed by atoms with Gasteiger partial charge in [0.15, 0.2) is 0 Å². The zero-order valence-corrected chi connectivity index (χ0v) is 16.3. The minimum atomic E-state index is -0.460. The number of amides is 1. The Bertz CT molecular complexity index is 1190. The van der Waals surface area contributed by atoms with Crippen LogP contribution in [0, 0.1) is 0 Å². The maximum atomic E-state index is 12.5. The Morgan fingerprint density at radius 3 is 2.31 bits per heavy atom. The average molecular weight is 398 g/mol. The number of hydrogen-bond acceptors (Lipinski definition) is 4. The fraction of sp³-hybridized carbons (Fsp3) is 0. The predicted octanol–water partition coefficient (Wildman–Crippen LogP) is 5.46. The molecule has 0 fully saturated rings. The van der Waals surface area contributed by atoms with Crippen LogP contribution in [0.25, 0.3) is 10.8 Å². The van der Waals surface area contributed by atoms with Gasteiger partial charge in [0.25, 0.3) is 5.91 Å². The van der Waals surface area contributed by atoms with Crippen LogP contribution in [0.2, 0.25) is 0 Å². The minimum Gasteiger partial charge on any atom is -0.507 e. The molecule has 0 aromatic heterocycles. The summed E-state index contributed by atoms with van der Waals surface area (Å²) in [5, 5.41) is 16.0. The summed E-state index contributed by atoms with van der Waals surface area (Å²) in [5.74, 6) is -0.533. The highest BCUT2D eigenvalue weighted by molar-refractivity contribution is 7.99. The molecule has 29 heavy (non-hydrogen) atoms. The number of benzene rings is 4. The monoisotopic (exact) mass is 398 g/mol. The fourth-order valence-electron chi connectivity index (χ4n) is 2.93. The van der Waals surface area contributed by atoms with Gasteiger partial charge in [-0.25, -0.2) is 5.43 Å². The summed E-state index contributed by atoms with van der Waals surface area (Å²) in [7, 11) is 0. The van der Waals surface area contributed by atoms with Crippen molar-refractivity contribution < 1.29 is 9.90 Å². The zero-order chi connectivity index (χ0) is 20.1.